The van der Waals surface area contributed by atoms with Crippen molar-refractivity contribution in [2.75, 3.05) is 20.2 Å². The minimum atomic E-state index is -0.161. The number of esters is 1. The summed E-state index contributed by atoms with van der Waals surface area (Å²) in [6.45, 7) is 5.25. The van der Waals surface area contributed by atoms with Gasteiger partial charge in [-0.3, -0.25) is 4.79 Å². The number of ether oxygens (including phenoxy) is 1. The van der Waals surface area contributed by atoms with Crippen LogP contribution < -0.4 is 5.32 Å². The molecule has 3 nitrogen and oxygen atoms in total. The molecule has 0 unspecified atom stereocenters. The first-order valence-electron chi connectivity index (χ1n) is 4.19. The summed E-state index contributed by atoms with van der Waals surface area (Å²) in [5.41, 5.74) is 0. The van der Waals surface area contributed by atoms with Crippen molar-refractivity contribution < 1.29 is 9.53 Å². The highest BCUT2D eigenvalue weighted by molar-refractivity contribution is 5.69. The smallest absolute Gasteiger partial charge is 0.306 e. The molecule has 0 aliphatic heterocycles. The van der Waals surface area contributed by atoms with Crippen LogP contribution >= 0.6 is 0 Å². The quantitative estimate of drug-likeness (QED) is 0.354. The Morgan fingerprint density at radius 1 is 1.58 bits per heavy atom. The molecule has 0 aliphatic rings. The first kappa shape index (κ1) is 11.2. The highest BCUT2D eigenvalue weighted by Gasteiger charge is 1.97. The fraction of sp³-hybridized carbons (Fsp3) is 0.667. The highest BCUT2D eigenvalue weighted by Crippen LogP contribution is 1.87. The third-order valence-electron chi connectivity index (χ3n) is 1.50. The fourth-order valence-corrected chi connectivity index (χ4v) is 0.789. The van der Waals surface area contributed by atoms with Crippen LogP contribution in [0.5, 0.6) is 0 Å². The van der Waals surface area contributed by atoms with Crippen LogP contribution in [0.25, 0.3) is 0 Å². The average molecular weight is 171 g/mol. The summed E-state index contributed by atoms with van der Waals surface area (Å²) in [6.07, 6.45) is 4.43. The molecule has 1 N–H and O–H groups in total. The van der Waals surface area contributed by atoms with E-state index in [0.29, 0.717) is 13.0 Å². The molecule has 70 valence electrons. The molecule has 0 atom stereocenters. The first-order chi connectivity index (χ1) is 5.81. The number of allylic oxidation sites excluding steroid dienone is 1. The third kappa shape index (κ3) is 7.28. The van der Waals surface area contributed by atoms with Gasteiger partial charge in [0.2, 0.25) is 0 Å². The van der Waals surface area contributed by atoms with Crippen LogP contribution in [0.2, 0.25) is 0 Å². The minimum absolute atomic E-state index is 0.161. The van der Waals surface area contributed by atoms with Crippen LogP contribution in [0.1, 0.15) is 19.3 Å². The van der Waals surface area contributed by atoms with Crippen molar-refractivity contribution >= 4 is 5.97 Å². The van der Waals surface area contributed by atoms with Crippen molar-refractivity contribution in [2.45, 2.75) is 19.3 Å². The van der Waals surface area contributed by atoms with Gasteiger partial charge in [0.15, 0.2) is 0 Å². The summed E-state index contributed by atoms with van der Waals surface area (Å²) in [5, 5.41) is 3.14. The van der Waals surface area contributed by atoms with Crippen LogP contribution in [0.3, 0.4) is 0 Å². The predicted molar refractivity (Wildman–Crippen MR) is 48.9 cm³/mol. The predicted octanol–water partition coefficient (Wildman–Crippen LogP) is 1.11. The Balaban J connectivity index is 3.00. The summed E-state index contributed by atoms with van der Waals surface area (Å²) < 4.78 is 4.48. The lowest BCUT2D eigenvalue weighted by atomic mass is 10.3. The molecule has 0 spiro atoms. The lowest BCUT2D eigenvalue weighted by Crippen LogP contribution is -2.19. The molecule has 0 aromatic carbocycles. The standard InChI is InChI=1S/C9H17NO2/c1-3-4-5-7-10-8-6-9(11)12-2/h3,10H,1,4-8H2,2H3. The van der Waals surface area contributed by atoms with Crippen molar-refractivity contribution in [1.29, 1.82) is 0 Å². The zero-order chi connectivity index (χ0) is 9.23. The van der Waals surface area contributed by atoms with Gasteiger partial charge in [0.05, 0.1) is 13.5 Å². The number of rotatable bonds is 7. The van der Waals surface area contributed by atoms with Crippen molar-refractivity contribution in [1.82, 2.24) is 5.32 Å². The molecule has 0 aromatic heterocycles. The van der Waals surface area contributed by atoms with Crippen LogP contribution in [0, 0.1) is 0 Å². The molecule has 0 heterocycles. The summed E-state index contributed by atoms with van der Waals surface area (Å²) in [6, 6.07) is 0. The van der Waals surface area contributed by atoms with Gasteiger partial charge < -0.3 is 10.1 Å². The Hall–Kier alpha value is -0.830. The van der Waals surface area contributed by atoms with E-state index in [9.17, 15) is 4.79 Å². The van der Waals surface area contributed by atoms with Gasteiger partial charge in [-0.05, 0) is 19.4 Å². The number of methoxy groups -OCH3 is 1. The molecule has 0 bridgehead atoms. The van der Waals surface area contributed by atoms with Gasteiger partial charge in [0.25, 0.3) is 0 Å². The molecule has 0 fully saturated rings. The average Bonchev–Trinajstić information content (AvgIpc) is 2.10. The lowest BCUT2D eigenvalue weighted by molar-refractivity contribution is -0.140. The van der Waals surface area contributed by atoms with E-state index in [4.69, 9.17) is 0 Å². The molecule has 0 aliphatic carbocycles. The van der Waals surface area contributed by atoms with Gasteiger partial charge in [0, 0.05) is 6.54 Å². The molecule has 0 amide bonds. The second-order valence-electron chi connectivity index (χ2n) is 2.51. The lowest BCUT2D eigenvalue weighted by Gasteiger charge is -2.01. The molecular weight excluding hydrogens is 154 g/mol. The molecule has 0 rings (SSSR count). The van der Waals surface area contributed by atoms with Crippen molar-refractivity contribution in [3.63, 3.8) is 0 Å². The van der Waals surface area contributed by atoms with Crippen LogP contribution in [-0.4, -0.2) is 26.2 Å². The van der Waals surface area contributed by atoms with E-state index in [1.807, 2.05) is 6.08 Å². The van der Waals surface area contributed by atoms with Gasteiger partial charge in [-0.25, -0.2) is 0 Å². The monoisotopic (exact) mass is 171 g/mol. The zero-order valence-electron chi connectivity index (χ0n) is 7.64. The van der Waals surface area contributed by atoms with E-state index in [2.05, 4.69) is 16.6 Å². The number of nitrogens with one attached hydrogen (secondary N) is 1. The second-order valence-corrected chi connectivity index (χ2v) is 2.51. The number of unbranched alkanes of at least 4 members (excludes halogenated alkanes) is 1. The van der Waals surface area contributed by atoms with E-state index in [-0.39, 0.29) is 5.97 Å². The van der Waals surface area contributed by atoms with Crippen molar-refractivity contribution in [2.24, 2.45) is 0 Å². The minimum Gasteiger partial charge on any atom is -0.469 e. The van der Waals surface area contributed by atoms with Gasteiger partial charge in [-0.15, -0.1) is 6.58 Å². The maximum absolute atomic E-state index is 10.6. The van der Waals surface area contributed by atoms with E-state index < -0.39 is 0 Å². The Bertz CT molecular complexity index is 134. The maximum atomic E-state index is 10.6. The molecule has 3 heteroatoms. The van der Waals surface area contributed by atoms with Crippen LogP contribution in [-0.2, 0) is 9.53 Å². The summed E-state index contributed by atoms with van der Waals surface area (Å²) >= 11 is 0. The third-order valence-corrected chi connectivity index (χ3v) is 1.50. The zero-order valence-corrected chi connectivity index (χ0v) is 7.64. The summed E-state index contributed by atoms with van der Waals surface area (Å²) in [7, 11) is 1.40. The Morgan fingerprint density at radius 3 is 2.92 bits per heavy atom. The molecule has 0 saturated heterocycles. The molecule has 0 saturated carbocycles. The number of hydrogen-bond donors (Lipinski definition) is 1. The summed E-state index contributed by atoms with van der Waals surface area (Å²) in [4.78, 5) is 10.6. The van der Waals surface area contributed by atoms with Crippen LogP contribution in [0.15, 0.2) is 12.7 Å². The van der Waals surface area contributed by atoms with Gasteiger partial charge in [0.1, 0.15) is 0 Å². The maximum Gasteiger partial charge on any atom is 0.306 e. The SMILES string of the molecule is C=CCCCNCCC(=O)OC. The van der Waals surface area contributed by atoms with Crippen molar-refractivity contribution in [3.8, 4) is 0 Å². The highest BCUT2D eigenvalue weighted by atomic mass is 16.5. The first-order valence-corrected chi connectivity index (χ1v) is 4.19. The normalized spacial score (nSPS) is 9.42. The van der Waals surface area contributed by atoms with E-state index >= 15 is 0 Å². The van der Waals surface area contributed by atoms with E-state index in [1.165, 1.54) is 7.11 Å². The molecule has 0 aromatic rings. The summed E-state index contributed by atoms with van der Waals surface area (Å²) in [5.74, 6) is -0.161. The topological polar surface area (TPSA) is 38.3 Å². The number of hydrogen-bond acceptors (Lipinski definition) is 3. The van der Waals surface area contributed by atoms with Gasteiger partial charge >= 0.3 is 5.97 Å². The molecular formula is C9H17NO2. The largest absolute Gasteiger partial charge is 0.469 e. The Morgan fingerprint density at radius 2 is 2.33 bits per heavy atom. The van der Waals surface area contributed by atoms with E-state index in [1.54, 1.807) is 0 Å². The Kier molecular flexibility index (Phi) is 7.70. The molecule has 0 radical (unpaired) electrons. The fourth-order valence-electron chi connectivity index (χ4n) is 0.789. The second kappa shape index (κ2) is 8.27. The number of carbonyl (C=O) groups is 1. The van der Waals surface area contributed by atoms with Crippen LogP contribution in [0.4, 0.5) is 0 Å². The van der Waals surface area contributed by atoms with Gasteiger partial charge in [-0.1, -0.05) is 6.08 Å². The van der Waals surface area contributed by atoms with Crippen molar-refractivity contribution in [3.05, 3.63) is 12.7 Å². The van der Waals surface area contributed by atoms with E-state index in [0.717, 1.165) is 19.4 Å². The van der Waals surface area contributed by atoms with Gasteiger partial charge in [-0.2, -0.15) is 0 Å². The molecule has 12 heavy (non-hydrogen) atoms. The number of carbonyl (C=O) groups excluding carboxylic acids is 1. The Labute approximate surface area is 73.8 Å².